The molecule has 0 amide bonds. The SMILES string of the molecule is Cl.NC1CCN(CCN[C@@H]2C[C@H]2c2ccc(-c3cccc(C(F)(F)F)c3)cc2)C1. The van der Waals surface area contributed by atoms with E-state index in [4.69, 9.17) is 5.73 Å². The molecule has 158 valence electrons. The molecule has 3 atom stereocenters. The summed E-state index contributed by atoms with van der Waals surface area (Å²) in [6.45, 7) is 4.09. The number of rotatable bonds is 6. The van der Waals surface area contributed by atoms with Gasteiger partial charge >= 0.3 is 6.18 Å². The normalized spacial score (nSPS) is 24.3. The van der Waals surface area contributed by atoms with Gasteiger partial charge in [0.1, 0.15) is 0 Å². The second-order valence-electron chi connectivity index (χ2n) is 7.95. The molecule has 1 aliphatic carbocycles. The number of nitrogens with one attached hydrogen (secondary N) is 1. The van der Waals surface area contributed by atoms with Crippen molar-refractivity contribution in [2.24, 2.45) is 5.73 Å². The Labute approximate surface area is 175 Å². The van der Waals surface area contributed by atoms with E-state index < -0.39 is 11.7 Å². The van der Waals surface area contributed by atoms with Crippen molar-refractivity contribution < 1.29 is 13.2 Å². The highest BCUT2D eigenvalue weighted by Crippen LogP contribution is 2.41. The molecule has 1 aliphatic heterocycles. The Bertz CT molecular complexity index is 810. The van der Waals surface area contributed by atoms with Crippen molar-refractivity contribution >= 4 is 12.4 Å². The first kappa shape index (κ1) is 22.1. The first-order chi connectivity index (χ1) is 13.4. The van der Waals surface area contributed by atoms with Crippen molar-refractivity contribution in [2.45, 2.75) is 37.0 Å². The number of alkyl halides is 3. The lowest BCUT2D eigenvalue weighted by molar-refractivity contribution is -0.137. The fourth-order valence-electron chi connectivity index (χ4n) is 4.06. The number of hydrogen-bond donors (Lipinski definition) is 2. The van der Waals surface area contributed by atoms with Crippen LogP contribution in [0.15, 0.2) is 48.5 Å². The van der Waals surface area contributed by atoms with Gasteiger partial charge in [-0.3, -0.25) is 0 Å². The summed E-state index contributed by atoms with van der Waals surface area (Å²) in [7, 11) is 0. The Morgan fingerprint density at radius 1 is 1.07 bits per heavy atom. The lowest BCUT2D eigenvalue weighted by Gasteiger charge is -2.15. The molecule has 0 aromatic heterocycles. The Morgan fingerprint density at radius 3 is 2.48 bits per heavy atom. The third-order valence-corrected chi connectivity index (χ3v) is 5.80. The molecule has 29 heavy (non-hydrogen) atoms. The van der Waals surface area contributed by atoms with Crippen LogP contribution >= 0.6 is 12.4 Å². The van der Waals surface area contributed by atoms with Crippen molar-refractivity contribution in [2.75, 3.05) is 26.2 Å². The summed E-state index contributed by atoms with van der Waals surface area (Å²) in [5, 5.41) is 3.61. The van der Waals surface area contributed by atoms with Crippen LogP contribution in [0.3, 0.4) is 0 Å². The summed E-state index contributed by atoms with van der Waals surface area (Å²) in [6.07, 6.45) is -2.12. The number of benzene rings is 2. The minimum atomic E-state index is -4.32. The zero-order chi connectivity index (χ0) is 19.7. The highest BCUT2D eigenvalue weighted by atomic mass is 35.5. The summed E-state index contributed by atoms with van der Waals surface area (Å²) in [4.78, 5) is 2.40. The van der Waals surface area contributed by atoms with Crippen LogP contribution in [-0.4, -0.2) is 43.2 Å². The minimum Gasteiger partial charge on any atom is -0.326 e. The highest BCUT2D eigenvalue weighted by molar-refractivity contribution is 5.85. The summed E-state index contributed by atoms with van der Waals surface area (Å²) < 4.78 is 38.7. The molecule has 0 spiro atoms. The maximum atomic E-state index is 12.9. The van der Waals surface area contributed by atoms with Gasteiger partial charge in [0.25, 0.3) is 0 Å². The molecule has 1 saturated heterocycles. The zero-order valence-electron chi connectivity index (χ0n) is 16.2. The smallest absolute Gasteiger partial charge is 0.326 e. The Kier molecular flexibility index (Phi) is 6.89. The molecule has 4 rings (SSSR count). The largest absolute Gasteiger partial charge is 0.416 e. The molecular weight excluding hydrogens is 399 g/mol. The maximum absolute atomic E-state index is 12.9. The average molecular weight is 426 g/mol. The van der Waals surface area contributed by atoms with Crippen LogP contribution in [0.25, 0.3) is 11.1 Å². The van der Waals surface area contributed by atoms with Gasteiger partial charge in [0, 0.05) is 37.6 Å². The first-order valence-electron chi connectivity index (χ1n) is 9.89. The number of hydrogen-bond acceptors (Lipinski definition) is 3. The number of nitrogens with zero attached hydrogens (tertiary/aromatic N) is 1. The molecule has 7 heteroatoms. The second-order valence-corrected chi connectivity index (χ2v) is 7.95. The monoisotopic (exact) mass is 425 g/mol. The third-order valence-electron chi connectivity index (χ3n) is 5.80. The summed E-state index contributed by atoms with van der Waals surface area (Å²) in [6, 6.07) is 14.2. The van der Waals surface area contributed by atoms with Crippen LogP contribution in [0.5, 0.6) is 0 Å². The van der Waals surface area contributed by atoms with E-state index in [1.165, 1.54) is 17.7 Å². The minimum absolute atomic E-state index is 0. The fourth-order valence-corrected chi connectivity index (χ4v) is 4.06. The van der Waals surface area contributed by atoms with Crippen LogP contribution in [0, 0.1) is 0 Å². The van der Waals surface area contributed by atoms with E-state index in [-0.39, 0.29) is 12.4 Å². The predicted molar refractivity (Wildman–Crippen MR) is 112 cm³/mol. The topological polar surface area (TPSA) is 41.3 Å². The van der Waals surface area contributed by atoms with Gasteiger partial charge < -0.3 is 16.0 Å². The van der Waals surface area contributed by atoms with Gasteiger partial charge in [-0.1, -0.05) is 36.4 Å². The van der Waals surface area contributed by atoms with E-state index in [1.807, 2.05) is 24.3 Å². The Hall–Kier alpha value is -1.60. The van der Waals surface area contributed by atoms with Crippen molar-refractivity contribution in [3.8, 4) is 11.1 Å². The first-order valence-corrected chi connectivity index (χ1v) is 9.89. The second kappa shape index (κ2) is 9.04. The van der Waals surface area contributed by atoms with Crippen molar-refractivity contribution in [1.29, 1.82) is 0 Å². The zero-order valence-corrected chi connectivity index (χ0v) is 17.0. The molecule has 1 saturated carbocycles. The third kappa shape index (κ3) is 5.51. The van der Waals surface area contributed by atoms with E-state index >= 15 is 0 Å². The summed E-state index contributed by atoms with van der Waals surface area (Å²) >= 11 is 0. The quantitative estimate of drug-likeness (QED) is 0.726. The Morgan fingerprint density at radius 2 is 1.83 bits per heavy atom. The molecule has 3 N–H and O–H groups in total. The van der Waals surface area contributed by atoms with Gasteiger partial charge in [0.05, 0.1) is 5.56 Å². The highest BCUT2D eigenvalue weighted by Gasteiger charge is 2.37. The average Bonchev–Trinajstić information content (AvgIpc) is 3.33. The molecule has 3 nitrogen and oxygen atoms in total. The molecule has 1 heterocycles. The van der Waals surface area contributed by atoms with Gasteiger partial charge in [-0.05, 0) is 48.2 Å². The van der Waals surface area contributed by atoms with Crippen molar-refractivity contribution in [1.82, 2.24) is 10.2 Å². The lowest BCUT2D eigenvalue weighted by Crippen LogP contribution is -2.33. The van der Waals surface area contributed by atoms with Gasteiger partial charge in [-0.25, -0.2) is 0 Å². The molecule has 0 radical (unpaired) electrons. The molecule has 2 aromatic rings. The van der Waals surface area contributed by atoms with Gasteiger partial charge in [-0.15, -0.1) is 12.4 Å². The molecule has 2 fully saturated rings. The van der Waals surface area contributed by atoms with Crippen LogP contribution in [0.4, 0.5) is 13.2 Å². The van der Waals surface area contributed by atoms with E-state index in [0.29, 0.717) is 23.6 Å². The molecule has 1 unspecified atom stereocenters. The van der Waals surface area contributed by atoms with Crippen LogP contribution < -0.4 is 11.1 Å². The number of likely N-dealkylation sites (tertiary alicyclic amines) is 1. The van der Waals surface area contributed by atoms with Gasteiger partial charge in [0.2, 0.25) is 0 Å². The van der Waals surface area contributed by atoms with Gasteiger partial charge in [0.15, 0.2) is 0 Å². The molecular formula is C22H27ClF3N3. The number of halogens is 4. The van der Waals surface area contributed by atoms with E-state index in [0.717, 1.165) is 50.7 Å². The fraction of sp³-hybridized carbons (Fsp3) is 0.455. The van der Waals surface area contributed by atoms with Crippen molar-refractivity contribution in [3.63, 3.8) is 0 Å². The van der Waals surface area contributed by atoms with Crippen LogP contribution in [0.2, 0.25) is 0 Å². The summed E-state index contributed by atoms with van der Waals surface area (Å²) in [5.74, 6) is 0.497. The molecule has 2 aromatic carbocycles. The predicted octanol–water partition coefficient (Wildman–Crippen LogP) is 4.27. The molecule has 0 bridgehead atoms. The van der Waals surface area contributed by atoms with Crippen LogP contribution in [0.1, 0.15) is 29.9 Å². The summed E-state index contributed by atoms with van der Waals surface area (Å²) in [5.41, 5.74) is 7.97. The van der Waals surface area contributed by atoms with E-state index in [1.54, 1.807) is 6.07 Å². The van der Waals surface area contributed by atoms with Crippen molar-refractivity contribution in [3.05, 3.63) is 59.7 Å². The number of nitrogens with two attached hydrogens (primary N) is 1. The lowest BCUT2D eigenvalue weighted by atomic mass is 10.0. The maximum Gasteiger partial charge on any atom is 0.416 e. The Balaban J connectivity index is 0.00000240. The molecule has 2 aliphatic rings. The van der Waals surface area contributed by atoms with E-state index in [9.17, 15) is 13.2 Å². The van der Waals surface area contributed by atoms with Crippen LogP contribution in [-0.2, 0) is 6.18 Å². The van der Waals surface area contributed by atoms with Gasteiger partial charge in [-0.2, -0.15) is 13.2 Å². The van der Waals surface area contributed by atoms with E-state index in [2.05, 4.69) is 10.2 Å². The standard InChI is InChI=1S/C22H26F3N3.ClH/c23-22(24,25)18-3-1-2-17(12-18)15-4-6-16(7-5-15)20-13-21(20)27-9-11-28-10-8-19(26)14-28;/h1-7,12,19-21,27H,8-11,13-14,26H2;1H/t19?,20-,21+;/m0./s1.